The molecule has 0 atom stereocenters. The zero-order valence-corrected chi connectivity index (χ0v) is 13.4. The third-order valence-electron chi connectivity index (χ3n) is 3.32. The smallest absolute Gasteiger partial charge is 0.309 e. The second-order valence-corrected chi connectivity index (χ2v) is 5.49. The van der Waals surface area contributed by atoms with E-state index in [1.165, 1.54) is 11.3 Å². The first-order valence-electron chi connectivity index (χ1n) is 7.24. The SMILES string of the molecule is CCN(CC)CCCN(CC)c1nc(CC(=O)O)cs1. The van der Waals surface area contributed by atoms with Gasteiger partial charge in [-0.25, -0.2) is 4.98 Å². The molecule has 0 aliphatic carbocycles. The predicted molar refractivity (Wildman–Crippen MR) is 83.7 cm³/mol. The summed E-state index contributed by atoms with van der Waals surface area (Å²) in [5, 5.41) is 11.6. The molecule has 0 bridgehead atoms. The van der Waals surface area contributed by atoms with E-state index in [1.807, 2.05) is 5.38 Å². The fraction of sp³-hybridized carbons (Fsp3) is 0.714. The summed E-state index contributed by atoms with van der Waals surface area (Å²) < 4.78 is 0. The van der Waals surface area contributed by atoms with Gasteiger partial charge in [0.2, 0.25) is 0 Å². The van der Waals surface area contributed by atoms with E-state index in [-0.39, 0.29) is 6.42 Å². The van der Waals surface area contributed by atoms with Crippen LogP contribution in [0.2, 0.25) is 0 Å². The molecule has 0 unspecified atom stereocenters. The molecule has 114 valence electrons. The topological polar surface area (TPSA) is 56.7 Å². The summed E-state index contributed by atoms with van der Waals surface area (Å²) >= 11 is 1.53. The molecule has 0 aliphatic rings. The zero-order chi connectivity index (χ0) is 15.0. The molecule has 0 fully saturated rings. The van der Waals surface area contributed by atoms with E-state index in [0.717, 1.165) is 44.3 Å². The third kappa shape index (κ3) is 5.46. The normalized spacial score (nSPS) is 11.0. The highest BCUT2D eigenvalue weighted by Crippen LogP contribution is 2.21. The van der Waals surface area contributed by atoms with Crippen molar-refractivity contribution in [1.82, 2.24) is 9.88 Å². The molecule has 1 N–H and O–H groups in total. The number of thiazole rings is 1. The van der Waals surface area contributed by atoms with Gasteiger partial charge in [-0.05, 0) is 33.0 Å². The van der Waals surface area contributed by atoms with Crippen molar-refractivity contribution in [3.63, 3.8) is 0 Å². The number of aliphatic carboxylic acids is 1. The van der Waals surface area contributed by atoms with Crippen LogP contribution in [0.1, 0.15) is 32.9 Å². The summed E-state index contributed by atoms with van der Waals surface area (Å²) in [6.07, 6.45) is 1.11. The van der Waals surface area contributed by atoms with E-state index in [4.69, 9.17) is 5.11 Å². The fourth-order valence-corrected chi connectivity index (χ4v) is 3.01. The standard InChI is InChI=1S/C14H25N3O2S/c1-4-16(5-2)8-7-9-17(6-3)14-15-12(11-20-14)10-13(18)19/h11H,4-10H2,1-3H3,(H,18,19). The molecule has 0 radical (unpaired) electrons. The van der Waals surface area contributed by atoms with Crippen molar-refractivity contribution < 1.29 is 9.90 Å². The molecular formula is C14H25N3O2S. The maximum atomic E-state index is 10.7. The van der Waals surface area contributed by atoms with Crippen LogP contribution in [0.5, 0.6) is 0 Å². The van der Waals surface area contributed by atoms with Gasteiger partial charge in [0.1, 0.15) is 0 Å². The Morgan fingerprint density at radius 1 is 1.25 bits per heavy atom. The number of carboxylic acid groups (broad SMARTS) is 1. The molecule has 5 nitrogen and oxygen atoms in total. The molecule has 0 saturated heterocycles. The Morgan fingerprint density at radius 3 is 2.50 bits per heavy atom. The summed E-state index contributed by atoms with van der Waals surface area (Å²) in [6.45, 7) is 11.6. The second kappa shape index (κ2) is 8.92. The number of hydrogen-bond donors (Lipinski definition) is 1. The number of aromatic nitrogens is 1. The van der Waals surface area contributed by atoms with Crippen LogP contribution in [-0.2, 0) is 11.2 Å². The molecule has 6 heteroatoms. The maximum Gasteiger partial charge on any atom is 0.309 e. The lowest BCUT2D eigenvalue weighted by Gasteiger charge is -2.23. The van der Waals surface area contributed by atoms with Gasteiger partial charge in [-0.1, -0.05) is 13.8 Å². The second-order valence-electron chi connectivity index (χ2n) is 4.65. The van der Waals surface area contributed by atoms with Gasteiger partial charge in [-0.3, -0.25) is 4.79 Å². The Morgan fingerprint density at radius 2 is 1.95 bits per heavy atom. The largest absolute Gasteiger partial charge is 0.481 e. The molecule has 0 aromatic carbocycles. The number of rotatable bonds is 10. The van der Waals surface area contributed by atoms with Crippen molar-refractivity contribution in [1.29, 1.82) is 0 Å². The minimum absolute atomic E-state index is 0.00744. The first kappa shape index (κ1) is 16.9. The van der Waals surface area contributed by atoms with Crippen molar-refractivity contribution in [3.05, 3.63) is 11.1 Å². The lowest BCUT2D eigenvalue weighted by molar-refractivity contribution is -0.136. The molecule has 1 rings (SSSR count). The summed E-state index contributed by atoms with van der Waals surface area (Å²) in [6, 6.07) is 0. The van der Waals surface area contributed by atoms with Crippen molar-refractivity contribution >= 4 is 22.4 Å². The Hall–Kier alpha value is -1.14. The van der Waals surface area contributed by atoms with Gasteiger partial charge < -0.3 is 14.9 Å². The molecular weight excluding hydrogens is 274 g/mol. The Bertz CT molecular complexity index is 405. The van der Waals surface area contributed by atoms with Crippen molar-refractivity contribution in [3.8, 4) is 0 Å². The summed E-state index contributed by atoms with van der Waals surface area (Å²) in [5.41, 5.74) is 0.652. The van der Waals surface area contributed by atoms with Crippen LogP contribution in [0.4, 0.5) is 5.13 Å². The molecule has 1 heterocycles. The highest BCUT2D eigenvalue weighted by Gasteiger charge is 2.11. The van der Waals surface area contributed by atoms with Gasteiger partial charge in [-0.2, -0.15) is 0 Å². The average molecular weight is 299 g/mol. The molecule has 0 amide bonds. The van der Waals surface area contributed by atoms with Gasteiger partial charge in [0, 0.05) is 18.5 Å². The number of nitrogens with zero attached hydrogens (tertiary/aromatic N) is 3. The highest BCUT2D eigenvalue weighted by molar-refractivity contribution is 7.13. The molecule has 0 spiro atoms. The van der Waals surface area contributed by atoms with Crippen LogP contribution < -0.4 is 4.90 Å². The first-order chi connectivity index (χ1) is 9.60. The Labute approximate surface area is 125 Å². The van der Waals surface area contributed by atoms with E-state index >= 15 is 0 Å². The lowest BCUT2D eigenvalue weighted by atomic mass is 10.3. The Kier molecular flexibility index (Phi) is 7.54. The number of hydrogen-bond acceptors (Lipinski definition) is 5. The summed E-state index contributed by atoms with van der Waals surface area (Å²) in [4.78, 5) is 19.7. The molecule has 1 aromatic rings. The summed E-state index contributed by atoms with van der Waals surface area (Å²) in [7, 11) is 0. The minimum Gasteiger partial charge on any atom is -0.481 e. The van der Waals surface area contributed by atoms with E-state index in [1.54, 1.807) is 0 Å². The number of carbonyl (C=O) groups is 1. The van der Waals surface area contributed by atoms with E-state index in [0.29, 0.717) is 5.69 Å². The van der Waals surface area contributed by atoms with Gasteiger partial charge in [0.15, 0.2) is 5.13 Å². The third-order valence-corrected chi connectivity index (χ3v) is 4.27. The van der Waals surface area contributed by atoms with Crippen LogP contribution in [0.15, 0.2) is 5.38 Å². The van der Waals surface area contributed by atoms with E-state index in [2.05, 4.69) is 35.6 Å². The van der Waals surface area contributed by atoms with Crippen LogP contribution in [0, 0.1) is 0 Å². The first-order valence-corrected chi connectivity index (χ1v) is 8.12. The highest BCUT2D eigenvalue weighted by atomic mass is 32.1. The zero-order valence-electron chi connectivity index (χ0n) is 12.6. The van der Waals surface area contributed by atoms with Gasteiger partial charge in [0.25, 0.3) is 0 Å². The fourth-order valence-electron chi connectivity index (χ4n) is 2.09. The van der Waals surface area contributed by atoms with Crippen LogP contribution >= 0.6 is 11.3 Å². The number of carboxylic acids is 1. The lowest BCUT2D eigenvalue weighted by Crippen LogP contribution is -2.30. The quantitative estimate of drug-likeness (QED) is 0.718. The predicted octanol–water partition coefficient (Wildman–Crippen LogP) is 2.33. The van der Waals surface area contributed by atoms with E-state index < -0.39 is 5.97 Å². The molecule has 1 aromatic heterocycles. The monoisotopic (exact) mass is 299 g/mol. The summed E-state index contributed by atoms with van der Waals surface area (Å²) in [5.74, 6) is -0.827. The average Bonchev–Trinajstić information content (AvgIpc) is 2.86. The molecule has 0 saturated carbocycles. The van der Waals surface area contributed by atoms with Crippen molar-refractivity contribution in [2.75, 3.05) is 37.6 Å². The van der Waals surface area contributed by atoms with Crippen LogP contribution in [-0.4, -0.2) is 53.7 Å². The molecule has 0 aliphatic heterocycles. The minimum atomic E-state index is -0.827. The molecule has 20 heavy (non-hydrogen) atoms. The maximum absolute atomic E-state index is 10.7. The van der Waals surface area contributed by atoms with Crippen molar-refractivity contribution in [2.45, 2.75) is 33.6 Å². The van der Waals surface area contributed by atoms with Gasteiger partial charge in [-0.15, -0.1) is 11.3 Å². The van der Waals surface area contributed by atoms with Gasteiger partial charge in [0.05, 0.1) is 12.1 Å². The van der Waals surface area contributed by atoms with Gasteiger partial charge >= 0.3 is 5.97 Å². The van der Waals surface area contributed by atoms with Crippen LogP contribution in [0.25, 0.3) is 0 Å². The van der Waals surface area contributed by atoms with Crippen molar-refractivity contribution in [2.24, 2.45) is 0 Å². The Balaban J connectivity index is 2.49. The van der Waals surface area contributed by atoms with Crippen LogP contribution in [0.3, 0.4) is 0 Å². The number of anilines is 1. The van der Waals surface area contributed by atoms with E-state index in [9.17, 15) is 4.79 Å².